The minimum Gasteiger partial charge on any atom is -0.496 e. The van der Waals surface area contributed by atoms with Crippen LogP contribution in [0, 0.1) is 13.8 Å². The Balaban J connectivity index is 1.67. The summed E-state index contributed by atoms with van der Waals surface area (Å²) in [5.74, 6) is 1.31. The van der Waals surface area contributed by atoms with Crippen LogP contribution in [-0.2, 0) is 0 Å². The van der Waals surface area contributed by atoms with Crippen LogP contribution in [-0.4, -0.2) is 18.0 Å². The van der Waals surface area contributed by atoms with Gasteiger partial charge in [-0.1, -0.05) is 41.9 Å². The van der Waals surface area contributed by atoms with E-state index in [1.54, 1.807) is 13.2 Å². The Morgan fingerprint density at radius 2 is 1.91 bits per heavy atom. The first-order valence-corrected chi connectivity index (χ1v) is 11.8. The highest BCUT2D eigenvalue weighted by Crippen LogP contribution is 2.32. The summed E-state index contributed by atoms with van der Waals surface area (Å²) in [6.45, 7) is 8.24. The highest BCUT2D eigenvalue weighted by atomic mass is 79.9. The standard InChI is InChI=1S/C27H27BrN2O3/c1-6-15(2)18-9-10-24-23(12-18)30-27(33-24)19-8-7-16(3)22(13-19)29-26(31)21-14-20(28)11-17(4)25(21)32-5/h7-15H,6H2,1-5H3,(H,29,31). The van der Waals surface area contributed by atoms with Crippen molar-refractivity contribution in [1.29, 1.82) is 0 Å². The number of rotatable bonds is 6. The third-order valence-corrected chi connectivity index (χ3v) is 6.47. The minimum absolute atomic E-state index is 0.243. The molecular weight excluding hydrogens is 480 g/mol. The molecule has 0 radical (unpaired) electrons. The molecule has 0 saturated heterocycles. The fourth-order valence-electron chi connectivity index (χ4n) is 3.86. The maximum Gasteiger partial charge on any atom is 0.259 e. The smallest absolute Gasteiger partial charge is 0.259 e. The molecule has 1 amide bonds. The highest BCUT2D eigenvalue weighted by Gasteiger charge is 2.18. The van der Waals surface area contributed by atoms with Gasteiger partial charge in [-0.15, -0.1) is 0 Å². The molecule has 1 aromatic heterocycles. The Hall–Kier alpha value is -3.12. The zero-order chi connectivity index (χ0) is 23.7. The third-order valence-electron chi connectivity index (χ3n) is 6.01. The van der Waals surface area contributed by atoms with Crippen molar-refractivity contribution in [1.82, 2.24) is 4.98 Å². The Morgan fingerprint density at radius 3 is 2.64 bits per heavy atom. The molecule has 1 N–H and O–H groups in total. The molecule has 0 fully saturated rings. The van der Waals surface area contributed by atoms with Gasteiger partial charge in [0.05, 0.1) is 12.7 Å². The van der Waals surface area contributed by atoms with Crippen LogP contribution in [0.2, 0.25) is 0 Å². The van der Waals surface area contributed by atoms with Crippen molar-refractivity contribution >= 4 is 38.6 Å². The van der Waals surface area contributed by atoms with Gasteiger partial charge in [0.15, 0.2) is 5.58 Å². The van der Waals surface area contributed by atoms with Gasteiger partial charge in [0.25, 0.3) is 5.91 Å². The number of oxazole rings is 1. The molecule has 1 heterocycles. The van der Waals surface area contributed by atoms with Gasteiger partial charge < -0.3 is 14.5 Å². The third kappa shape index (κ3) is 4.67. The van der Waals surface area contributed by atoms with Crippen molar-refractivity contribution in [3.63, 3.8) is 0 Å². The number of benzene rings is 3. The summed E-state index contributed by atoms with van der Waals surface area (Å²) in [7, 11) is 1.57. The number of aromatic nitrogens is 1. The van der Waals surface area contributed by atoms with Gasteiger partial charge >= 0.3 is 0 Å². The molecule has 4 aromatic rings. The van der Waals surface area contributed by atoms with Crippen LogP contribution in [0.5, 0.6) is 5.75 Å². The van der Waals surface area contributed by atoms with E-state index in [4.69, 9.17) is 14.1 Å². The van der Waals surface area contributed by atoms with E-state index in [1.165, 1.54) is 5.56 Å². The average molecular weight is 507 g/mol. The number of carbonyl (C=O) groups excluding carboxylic acids is 1. The summed E-state index contributed by atoms with van der Waals surface area (Å²) in [5.41, 5.74) is 6.61. The molecule has 33 heavy (non-hydrogen) atoms. The van der Waals surface area contributed by atoms with E-state index in [-0.39, 0.29) is 5.91 Å². The number of amides is 1. The van der Waals surface area contributed by atoms with Crippen LogP contribution in [0.4, 0.5) is 5.69 Å². The topological polar surface area (TPSA) is 64.4 Å². The molecule has 1 unspecified atom stereocenters. The molecule has 4 rings (SSSR count). The van der Waals surface area contributed by atoms with E-state index in [9.17, 15) is 4.79 Å². The summed E-state index contributed by atoms with van der Waals surface area (Å²) in [6.07, 6.45) is 1.07. The van der Waals surface area contributed by atoms with Crippen LogP contribution < -0.4 is 10.1 Å². The molecule has 0 saturated carbocycles. The van der Waals surface area contributed by atoms with E-state index in [1.807, 2.05) is 44.2 Å². The fraction of sp³-hybridized carbons (Fsp3) is 0.259. The highest BCUT2D eigenvalue weighted by molar-refractivity contribution is 9.10. The number of nitrogens with zero attached hydrogens (tertiary/aromatic N) is 1. The zero-order valence-electron chi connectivity index (χ0n) is 19.5. The first-order valence-electron chi connectivity index (χ1n) is 11.0. The summed E-state index contributed by atoms with van der Waals surface area (Å²) in [4.78, 5) is 17.8. The lowest BCUT2D eigenvalue weighted by atomic mass is 9.98. The average Bonchev–Trinajstić information content (AvgIpc) is 3.22. The summed E-state index contributed by atoms with van der Waals surface area (Å²) in [5, 5.41) is 3.02. The zero-order valence-corrected chi connectivity index (χ0v) is 21.0. The van der Waals surface area contributed by atoms with Gasteiger partial charge in [-0.2, -0.15) is 0 Å². The van der Waals surface area contributed by atoms with Crippen molar-refractivity contribution in [3.05, 3.63) is 75.3 Å². The molecule has 3 aromatic carbocycles. The summed E-state index contributed by atoms with van der Waals surface area (Å²) >= 11 is 3.47. The van der Waals surface area contributed by atoms with E-state index >= 15 is 0 Å². The second-order valence-corrected chi connectivity index (χ2v) is 9.26. The Kier molecular flexibility index (Phi) is 6.56. The lowest BCUT2D eigenvalue weighted by Gasteiger charge is -2.14. The minimum atomic E-state index is -0.243. The lowest BCUT2D eigenvalue weighted by molar-refractivity contribution is 0.102. The molecule has 0 aliphatic carbocycles. The van der Waals surface area contributed by atoms with Crippen molar-refractivity contribution in [2.75, 3.05) is 12.4 Å². The Labute approximate surface area is 202 Å². The van der Waals surface area contributed by atoms with Crippen LogP contribution in [0.1, 0.15) is 53.2 Å². The van der Waals surface area contributed by atoms with Gasteiger partial charge in [0.1, 0.15) is 11.3 Å². The number of fused-ring (bicyclic) bond motifs is 1. The summed E-state index contributed by atoms with van der Waals surface area (Å²) < 4.78 is 12.3. The molecule has 6 heteroatoms. The monoisotopic (exact) mass is 506 g/mol. The molecular formula is C27H27BrN2O3. The normalized spacial score (nSPS) is 12.1. The Morgan fingerprint density at radius 1 is 1.12 bits per heavy atom. The number of anilines is 1. The SMILES string of the molecule is CCC(C)c1ccc2oc(-c3ccc(C)c(NC(=O)c4cc(Br)cc(C)c4OC)c3)nc2c1. The largest absolute Gasteiger partial charge is 0.496 e. The number of aryl methyl sites for hydroxylation is 2. The van der Waals surface area contributed by atoms with Gasteiger partial charge in [-0.3, -0.25) is 4.79 Å². The Bertz CT molecular complexity index is 1340. The van der Waals surface area contributed by atoms with Gasteiger partial charge in [-0.25, -0.2) is 4.98 Å². The molecule has 0 aliphatic heterocycles. The number of methoxy groups -OCH3 is 1. The molecule has 0 spiro atoms. The summed E-state index contributed by atoms with van der Waals surface area (Å²) in [6, 6.07) is 15.6. The molecule has 0 bridgehead atoms. The van der Waals surface area contributed by atoms with E-state index in [0.717, 1.165) is 38.7 Å². The first-order chi connectivity index (χ1) is 15.8. The molecule has 0 aliphatic rings. The van der Waals surface area contributed by atoms with Gasteiger partial charge in [-0.05, 0) is 79.3 Å². The van der Waals surface area contributed by atoms with Crippen LogP contribution in [0.15, 0.2) is 57.4 Å². The van der Waals surface area contributed by atoms with Crippen molar-refractivity contribution in [3.8, 4) is 17.2 Å². The number of ether oxygens (including phenoxy) is 1. The second-order valence-electron chi connectivity index (χ2n) is 8.34. The van der Waals surface area contributed by atoms with Crippen LogP contribution >= 0.6 is 15.9 Å². The fourth-order valence-corrected chi connectivity index (χ4v) is 4.43. The first kappa shape index (κ1) is 23.1. The van der Waals surface area contributed by atoms with Gasteiger partial charge in [0, 0.05) is 15.7 Å². The number of hydrogen-bond donors (Lipinski definition) is 1. The van der Waals surface area contributed by atoms with Gasteiger partial charge in [0.2, 0.25) is 5.89 Å². The van der Waals surface area contributed by atoms with Crippen LogP contribution in [0.3, 0.4) is 0 Å². The second kappa shape index (κ2) is 9.40. The molecule has 5 nitrogen and oxygen atoms in total. The number of carbonyl (C=O) groups is 1. The van der Waals surface area contributed by atoms with Crippen molar-refractivity contribution < 1.29 is 13.9 Å². The van der Waals surface area contributed by atoms with Crippen molar-refractivity contribution in [2.24, 2.45) is 0 Å². The number of halogens is 1. The predicted octanol–water partition coefficient (Wildman–Crippen LogP) is 7.65. The number of nitrogens with one attached hydrogen (secondary N) is 1. The van der Waals surface area contributed by atoms with E-state index < -0.39 is 0 Å². The number of hydrogen-bond acceptors (Lipinski definition) is 4. The maximum atomic E-state index is 13.1. The predicted molar refractivity (Wildman–Crippen MR) is 136 cm³/mol. The molecule has 170 valence electrons. The lowest BCUT2D eigenvalue weighted by Crippen LogP contribution is -2.14. The van der Waals surface area contributed by atoms with Crippen LogP contribution in [0.25, 0.3) is 22.6 Å². The van der Waals surface area contributed by atoms with E-state index in [2.05, 4.69) is 47.2 Å². The quantitative estimate of drug-likeness (QED) is 0.291. The maximum absolute atomic E-state index is 13.1. The van der Waals surface area contributed by atoms with Crippen molar-refractivity contribution in [2.45, 2.75) is 40.0 Å². The van der Waals surface area contributed by atoms with E-state index in [0.29, 0.717) is 28.8 Å². The molecule has 1 atom stereocenters.